The Hall–Kier alpha value is -2.88. The maximum absolute atomic E-state index is 4.63. The summed E-state index contributed by atoms with van der Waals surface area (Å²) in [6, 6.07) is 20.5. The molecule has 0 atom stereocenters. The highest BCUT2D eigenvalue weighted by molar-refractivity contribution is 7.64. The third-order valence-corrected chi connectivity index (χ3v) is 8.60. The standard InChI is InChI=1S/C29H36N5P.C2H6/c1-20-18-22(34-16-13-21(14-17-34)33(2)3)10-11-23(20)27-19-24-25(12-15-30-29(24)32-27)31-26-8-6-7-9-28(26)35(4)5;1-2/h6-12,15,18-19,21H,13-14,16-17H2,1-5H3,(H2,30,31,32);1-2H3. The van der Waals surface area contributed by atoms with E-state index in [0.29, 0.717) is 6.04 Å². The predicted octanol–water partition coefficient (Wildman–Crippen LogP) is 7.21. The van der Waals surface area contributed by atoms with Crippen LogP contribution in [0.1, 0.15) is 32.3 Å². The summed E-state index contributed by atoms with van der Waals surface area (Å²) in [7, 11) is 4.19. The molecule has 0 saturated carbocycles. The number of aromatic nitrogens is 2. The Morgan fingerprint density at radius 1 is 0.973 bits per heavy atom. The number of fused-ring (bicyclic) bond motifs is 1. The van der Waals surface area contributed by atoms with Gasteiger partial charge in [0, 0.05) is 53.3 Å². The lowest BCUT2D eigenvalue weighted by Crippen LogP contribution is -2.42. The second-order valence-corrected chi connectivity index (χ2v) is 12.3. The predicted molar refractivity (Wildman–Crippen MR) is 165 cm³/mol. The molecule has 1 aliphatic rings. The van der Waals surface area contributed by atoms with Crippen molar-refractivity contribution in [2.24, 2.45) is 0 Å². The number of piperidine rings is 1. The summed E-state index contributed by atoms with van der Waals surface area (Å²) < 4.78 is 0. The van der Waals surface area contributed by atoms with E-state index in [1.54, 1.807) is 0 Å². The molecule has 0 spiro atoms. The first kappa shape index (κ1) is 27.2. The largest absolute Gasteiger partial charge is 0.371 e. The highest BCUT2D eigenvalue weighted by atomic mass is 31.1. The molecule has 1 saturated heterocycles. The number of benzene rings is 2. The summed E-state index contributed by atoms with van der Waals surface area (Å²) in [5, 5.41) is 6.18. The van der Waals surface area contributed by atoms with Crippen LogP contribution in [-0.4, -0.2) is 61.4 Å². The van der Waals surface area contributed by atoms with Crippen molar-refractivity contribution >= 4 is 41.3 Å². The van der Waals surface area contributed by atoms with Crippen LogP contribution < -0.4 is 15.5 Å². The number of aryl methyl sites for hydroxylation is 1. The quantitative estimate of drug-likeness (QED) is 0.267. The molecule has 0 unspecified atom stereocenters. The Labute approximate surface area is 224 Å². The molecule has 0 bridgehead atoms. The van der Waals surface area contributed by atoms with E-state index in [1.807, 2.05) is 20.0 Å². The average Bonchev–Trinajstić information content (AvgIpc) is 3.35. The third kappa shape index (κ3) is 6.00. The van der Waals surface area contributed by atoms with Crippen LogP contribution in [0.5, 0.6) is 0 Å². The van der Waals surface area contributed by atoms with E-state index in [-0.39, 0.29) is 7.92 Å². The van der Waals surface area contributed by atoms with Crippen LogP contribution in [0.3, 0.4) is 0 Å². The number of rotatable bonds is 6. The minimum absolute atomic E-state index is 0.198. The average molecular weight is 516 g/mol. The Morgan fingerprint density at radius 2 is 1.70 bits per heavy atom. The van der Waals surface area contributed by atoms with E-state index in [2.05, 4.69) is 114 Å². The number of nitrogens with one attached hydrogen (secondary N) is 2. The van der Waals surface area contributed by atoms with E-state index in [0.717, 1.165) is 35.5 Å². The Bertz CT molecular complexity index is 1320. The first-order valence-electron chi connectivity index (χ1n) is 13.4. The monoisotopic (exact) mass is 515 g/mol. The minimum Gasteiger partial charge on any atom is -0.371 e. The summed E-state index contributed by atoms with van der Waals surface area (Å²) in [6.07, 6.45) is 4.32. The van der Waals surface area contributed by atoms with Crippen LogP contribution in [0.25, 0.3) is 22.3 Å². The van der Waals surface area contributed by atoms with Crippen molar-refractivity contribution in [2.75, 3.05) is 50.7 Å². The van der Waals surface area contributed by atoms with Crippen LogP contribution in [-0.2, 0) is 0 Å². The molecule has 2 aromatic heterocycles. The third-order valence-electron chi connectivity index (χ3n) is 7.25. The number of hydrogen-bond acceptors (Lipinski definition) is 4. The normalized spacial score (nSPS) is 14.2. The van der Waals surface area contributed by atoms with Gasteiger partial charge < -0.3 is 20.1 Å². The number of anilines is 3. The molecule has 5 rings (SSSR count). The number of hydrogen-bond donors (Lipinski definition) is 2. The number of para-hydroxylation sites is 1. The molecule has 0 aliphatic carbocycles. The van der Waals surface area contributed by atoms with Crippen molar-refractivity contribution < 1.29 is 0 Å². The Morgan fingerprint density at radius 3 is 2.38 bits per heavy atom. The maximum Gasteiger partial charge on any atom is 0.139 e. The van der Waals surface area contributed by atoms with E-state index >= 15 is 0 Å². The van der Waals surface area contributed by atoms with Gasteiger partial charge in [0.05, 0.1) is 5.69 Å². The highest BCUT2D eigenvalue weighted by Crippen LogP contribution is 2.35. The van der Waals surface area contributed by atoms with E-state index in [9.17, 15) is 0 Å². The van der Waals surface area contributed by atoms with Crippen molar-refractivity contribution in [3.05, 3.63) is 66.4 Å². The second-order valence-electron chi connectivity index (χ2n) is 10.0. The van der Waals surface area contributed by atoms with Crippen molar-refractivity contribution in [1.82, 2.24) is 14.9 Å². The van der Waals surface area contributed by atoms with Crippen LogP contribution in [0.2, 0.25) is 0 Å². The van der Waals surface area contributed by atoms with Gasteiger partial charge in [0.25, 0.3) is 0 Å². The highest BCUT2D eigenvalue weighted by Gasteiger charge is 2.21. The summed E-state index contributed by atoms with van der Waals surface area (Å²) in [5.41, 5.74) is 8.12. The van der Waals surface area contributed by atoms with Crippen molar-refractivity contribution in [2.45, 2.75) is 39.7 Å². The lowest BCUT2D eigenvalue weighted by Gasteiger charge is -2.36. The SMILES string of the molecule is CC.Cc1cc(N2CCC(N(C)C)CC2)ccc1-c1cc2c(Nc3ccccc3P(C)C)ccnc2[nH]1. The summed E-state index contributed by atoms with van der Waals surface area (Å²) in [6.45, 7) is 13.0. The van der Waals surface area contributed by atoms with Gasteiger partial charge in [0.2, 0.25) is 0 Å². The summed E-state index contributed by atoms with van der Waals surface area (Å²) in [4.78, 5) is 13.1. The number of aromatic amines is 1. The zero-order valence-electron chi connectivity index (χ0n) is 23.5. The molecule has 196 valence electrons. The molecule has 4 aromatic rings. The Balaban J connectivity index is 0.00000156. The number of pyridine rings is 1. The first-order chi connectivity index (χ1) is 17.9. The molecule has 1 aliphatic heterocycles. The molecule has 0 radical (unpaired) electrons. The fraction of sp³-hybridized carbons (Fsp3) is 0.387. The lowest BCUT2D eigenvalue weighted by molar-refractivity contribution is 0.249. The van der Waals surface area contributed by atoms with Gasteiger partial charge in [-0.05, 0) is 88.4 Å². The van der Waals surface area contributed by atoms with Crippen LogP contribution in [0.15, 0.2) is 60.8 Å². The van der Waals surface area contributed by atoms with Gasteiger partial charge in [-0.3, -0.25) is 0 Å². The summed E-state index contributed by atoms with van der Waals surface area (Å²) in [5.74, 6) is 0. The zero-order valence-corrected chi connectivity index (χ0v) is 24.4. The van der Waals surface area contributed by atoms with Gasteiger partial charge >= 0.3 is 0 Å². The molecule has 2 N–H and O–H groups in total. The van der Waals surface area contributed by atoms with Crippen molar-refractivity contribution in [1.29, 1.82) is 0 Å². The molecular formula is C31H42N5P. The van der Waals surface area contributed by atoms with Gasteiger partial charge in [-0.15, -0.1) is 0 Å². The van der Waals surface area contributed by atoms with Gasteiger partial charge in [0.1, 0.15) is 5.65 Å². The smallest absolute Gasteiger partial charge is 0.139 e. The molecule has 6 heteroatoms. The van der Waals surface area contributed by atoms with Gasteiger partial charge in [-0.1, -0.05) is 46.0 Å². The van der Waals surface area contributed by atoms with E-state index in [1.165, 1.54) is 40.6 Å². The van der Waals surface area contributed by atoms with Gasteiger partial charge in [-0.2, -0.15) is 0 Å². The fourth-order valence-electron chi connectivity index (χ4n) is 5.18. The van der Waals surface area contributed by atoms with Gasteiger partial charge in [-0.25, -0.2) is 4.98 Å². The number of H-pyrrole nitrogens is 1. The fourth-order valence-corrected chi connectivity index (χ4v) is 6.18. The van der Waals surface area contributed by atoms with E-state index in [4.69, 9.17) is 0 Å². The van der Waals surface area contributed by atoms with E-state index < -0.39 is 0 Å². The minimum atomic E-state index is -0.198. The van der Waals surface area contributed by atoms with Crippen LogP contribution >= 0.6 is 7.92 Å². The molecule has 5 nitrogen and oxygen atoms in total. The Kier molecular flexibility index (Phi) is 8.89. The first-order valence-corrected chi connectivity index (χ1v) is 15.7. The van der Waals surface area contributed by atoms with Crippen molar-refractivity contribution in [3.8, 4) is 11.3 Å². The van der Waals surface area contributed by atoms with Crippen molar-refractivity contribution in [3.63, 3.8) is 0 Å². The molecule has 37 heavy (non-hydrogen) atoms. The topological polar surface area (TPSA) is 47.2 Å². The lowest BCUT2D eigenvalue weighted by atomic mass is 10.0. The maximum atomic E-state index is 4.63. The molecule has 0 amide bonds. The molecule has 2 aromatic carbocycles. The molecular weight excluding hydrogens is 473 g/mol. The van der Waals surface area contributed by atoms with Gasteiger partial charge in [0.15, 0.2) is 0 Å². The zero-order chi connectivity index (χ0) is 26.5. The van der Waals surface area contributed by atoms with Crippen LogP contribution in [0, 0.1) is 6.92 Å². The number of nitrogens with zero attached hydrogens (tertiary/aromatic N) is 3. The molecule has 1 fully saturated rings. The summed E-state index contributed by atoms with van der Waals surface area (Å²) >= 11 is 0. The second kappa shape index (κ2) is 12.1. The van der Waals surface area contributed by atoms with Crippen LogP contribution in [0.4, 0.5) is 17.1 Å². The molecule has 3 heterocycles.